The van der Waals surface area contributed by atoms with E-state index in [2.05, 4.69) is 38.0 Å². The summed E-state index contributed by atoms with van der Waals surface area (Å²) >= 11 is 1.81. The first-order valence-corrected chi connectivity index (χ1v) is 10.7. The summed E-state index contributed by atoms with van der Waals surface area (Å²) in [5, 5.41) is 16.3. The molecule has 0 heterocycles. The van der Waals surface area contributed by atoms with Gasteiger partial charge in [-0.1, -0.05) is 27.4 Å². The van der Waals surface area contributed by atoms with Crippen molar-refractivity contribution in [3.8, 4) is 0 Å². The van der Waals surface area contributed by atoms with Crippen LogP contribution in [0.15, 0.2) is 12.2 Å². The van der Waals surface area contributed by atoms with Crippen LogP contribution >= 0.6 is 11.8 Å². The highest BCUT2D eigenvalue weighted by molar-refractivity contribution is 7.99. The van der Waals surface area contributed by atoms with Gasteiger partial charge in [-0.2, -0.15) is 11.8 Å². The van der Waals surface area contributed by atoms with Gasteiger partial charge in [0.05, 0.1) is 0 Å². The molecule has 0 aliphatic rings. The Bertz CT molecular complexity index is 469. The fourth-order valence-corrected chi connectivity index (χ4v) is 3.46. The lowest BCUT2D eigenvalue weighted by molar-refractivity contribution is -0.141. The second-order valence-corrected chi connectivity index (χ2v) is 9.21. The maximum atomic E-state index is 12.3. The molecule has 3 N–H and O–H groups in total. The number of carbonyl (C=O) groups is 2. The summed E-state index contributed by atoms with van der Waals surface area (Å²) < 4.78 is 4.90. The van der Waals surface area contributed by atoms with E-state index in [9.17, 15) is 14.7 Å². The molecule has 0 aliphatic carbocycles. The van der Waals surface area contributed by atoms with Crippen molar-refractivity contribution in [2.24, 2.45) is 11.8 Å². The molecule has 0 aromatic carbocycles. The van der Waals surface area contributed by atoms with Gasteiger partial charge in [-0.15, -0.1) is 0 Å². The number of amides is 1. The minimum atomic E-state index is -0.735. The minimum Gasteiger partial charge on any atom is -0.460 e. The number of esters is 1. The molecule has 158 valence electrons. The van der Waals surface area contributed by atoms with E-state index in [1.165, 1.54) is 0 Å². The lowest BCUT2D eigenvalue weighted by atomic mass is 9.90. The molecule has 7 heteroatoms. The minimum absolute atomic E-state index is 0.0210. The normalized spacial score (nSPS) is 14.7. The Morgan fingerprint density at radius 1 is 1.19 bits per heavy atom. The average molecular weight is 403 g/mol. The number of hydrogen-bond donors (Lipinski definition) is 3. The predicted octanol–water partition coefficient (Wildman–Crippen LogP) is 2.36. The van der Waals surface area contributed by atoms with Crippen LogP contribution in [-0.2, 0) is 14.3 Å². The van der Waals surface area contributed by atoms with Gasteiger partial charge >= 0.3 is 5.97 Å². The van der Waals surface area contributed by atoms with E-state index < -0.39 is 12.1 Å². The zero-order chi connectivity index (χ0) is 21.0. The van der Waals surface area contributed by atoms with Crippen LogP contribution in [0.5, 0.6) is 0 Å². The van der Waals surface area contributed by atoms with E-state index in [1.807, 2.05) is 25.6 Å². The van der Waals surface area contributed by atoms with Gasteiger partial charge in [-0.3, -0.25) is 4.79 Å². The van der Waals surface area contributed by atoms with Gasteiger partial charge in [0.25, 0.3) is 0 Å². The van der Waals surface area contributed by atoms with Crippen LogP contribution < -0.4 is 10.6 Å². The Kier molecular flexibility index (Phi) is 13.5. The lowest BCUT2D eigenvalue weighted by Crippen LogP contribution is -2.38. The standard InChI is InChI=1S/C20H38N2O4S/c1-13(2)18(19(24)22-15(5)6)10-16(7)27-9-8-21-11-17(23)12-26-20(25)14(3)4/h13,15-18,21,23H,3,8-12H2,1-2,4-7H3,(H,22,24). The van der Waals surface area contributed by atoms with E-state index >= 15 is 0 Å². The summed E-state index contributed by atoms with van der Waals surface area (Å²) in [5.74, 6) is 0.864. The van der Waals surface area contributed by atoms with Crippen LogP contribution in [0, 0.1) is 11.8 Å². The summed E-state index contributed by atoms with van der Waals surface area (Å²) in [6.07, 6.45) is 0.112. The highest BCUT2D eigenvalue weighted by Crippen LogP contribution is 2.24. The highest BCUT2D eigenvalue weighted by atomic mass is 32.2. The van der Waals surface area contributed by atoms with E-state index in [4.69, 9.17) is 4.74 Å². The fourth-order valence-electron chi connectivity index (χ4n) is 2.45. The molecule has 0 spiro atoms. The zero-order valence-corrected chi connectivity index (χ0v) is 18.5. The molecule has 6 nitrogen and oxygen atoms in total. The van der Waals surface area contributed by atoms with Gasteiger partial charge in [0.2, 0.25) is 5.91 Å². The Labute approximate surface area is 168 Å². The van der Waals surface area contributed by atoms with Crippen LogP contribution in [0.1, 0.15) is 48.0 Å². The van der Waals surface area contributed by atoms with Crippen molar-refractivity contribution in [3.63, 3.8) is 0 Å². The molecule has 0 saturated heterocycles. The fraction of sp³-hybridized carbons (Fsp3) is 0.800. The monoisotopic (exact) mass is 402 g/mol. The van der Waals surface area contributed by atoms with Crippen LogP contribution in [0.25, 0.3) is 0 Å². The molecule has 3 atom stereocenters. The second-order valence-electron chi connectivity index (χ2n) is 7.67. The Morgan fingerprint density at radius 3 is 2.33 bits per heavy atom. The molecule has 27 heavy (non-hydrogen) atoms. The van der Waals surface area contributed by atoms with Gasteiger partial charge in [-0.25, -0.2) is 4.79 Å². The first-order chi connectivity index (χ1) is 12.5. The van der Waals surface area contributed by atoms with Crippen molar-refractivity contribution >= 4 is 23.6 Å². The average Bonchev–Trinajstić information content (AvgIpc) is 2.55. The summed E-state index contributed by atoms with van der Waals surface area (Å²) in [7, 11) is 0. The molecule has 1 amide bonds. The third kappa shape index (κ3) is 12.9. The summed E-state index contributed by atoms with van der Waals surface area (Å²) in [6, 6.07) is 0.159. The van der Waals surface area contributed by atoms with Crippen molar-refractivity contribution in [2.75, 3.05) is 25.4 Å². The molecule has 0 rings (SSSR count). The largest absolute Gasteiger partial charge is 0.460 e. The predicted molar refractivity (Wildman–Crippen MR) is 113 cm³/mol. The van der Waals surface area contributed by atoms with Crippen molar-refractivity contribution in [3.05, 3.63) is 12.2 Å². The maximum absolute atomic E-state index is 12.3. The first kappa shape index (κ1) is 26.0. The molecule has 0 aromatic rings. The van der Waals surface area contributed by atoms with E-state index in [0.29, 0.717) is 23.3 Å². The van der Waals surface area contributed by atoms with Crippen LogP contribution in [0.2, 0.25) is 0 Å². The number of carbonyl (C=O) groups excluding carboxylic acids is 2. The third-order valence-electron chi connectivity index (χ3n) is 3.97. The zero-order valence-electron chi connectivity index (χ0n) is 17.7. The van der Waals surface area contributed by atoms with Crippen LogP contribution in [-0.4, -0.2) is 59.8 Å². The van der Waals surface area contributed by atoms with Crippen molar-refractivity contribution in [1.29, 1.82) is 0 Å². The number of aliphatic hydroxyl groups excluding tert-OH is 1. The van der Waals surface area contributed by atoms with Crippen molar-refractivity contribution in [2.45, 2.75) is 65.4 Å². The molecule has 0 bridgehead atoms. The van der Waals surface area contributed by atoms with E-state index in [0.717, 1.165) is 18.7 Å². The molecule has 0 saturated carbocycles. The summed E-state index contributed by atoms with van der Waals surface area (Å²) in [6.45, 7) is 16.4. The molecule has 0 aliphatic heterocycles. The number of thioether (sulfide) groups is 1. The van der Waals surface area contributed by atoms with Crippen molar-refractivity contribution in [1.82, 2.24) is 10.6 Å². The number of nitrogens with one attached hydrogen (secondary N) is 2. The lowest BCUT2D eigenvalue weighted by Gasteiger charge is -2.24. The van der Waals surface area contributed by atoms with Gasteiger partial charge in [0.1, 0.15) is 12.7 Å². The van der Waals surface area contributed by atoms with E-state index in [-0.39, 0.29) is 24.5 Å². The third-order valence-corrected chi connectivity index (χ3v) is 5.18. The number of aliphatic hydroxyl groups is 1. The van der Waals surface area contributed by atoms with E-state index in [1.54, 1.807) is 6.92 Å². The smallest absolute Gasteiger partial charge is 0.333 e. The summed E-state index contributed by atoms with van der Waals surface area (Å²) in [4.78, 5) is 23.6. The van der Waals surface area contributed by atoms with Crippen LogP contribution in [0.3, 0.4) is 0 Å². The first-order valence-electron chi connectivity index (χ1n) is 9.67. The van der Waals surface area contributed by atoms with Crippen molar-refractivity contribution < 1.29 is 19.4 Å². The molecule has 3 unspecified atom stereocenters. The quantitative estimate of drug-likeness (QED) is 0.235. The molecule has 0 aromatic heterocycles. The Morgan fingerprint density at radius 2 is 1.81 bits per heavy atom. The Balaban J connectivity index is 4.01. The van der Waals surface area contributed by atoms with Gasteiger partial charge in [0.15, 0.2) is 0 Å². The molecular formula is C20H38N2O4S. The SMILES string of the molecule is C=C(C)C(=O)OCC(O)CNCCSC(C)CC(C(=O)NC(C)C)C(C)C. The molecular weight excluding hydrogens is 364 g/mol. The summed E-state index contributed by atoms with van der Waals surface area (Å²) in [5.41, 5.74) is 0.322. The topological polar surface area (TPSA) is 87.7 Å². The van der Waals surface area contributed by atoms with Crippen LogP contribution in [0.4, 0.5) is 0 Å². The maximum Gasteiger partial charge on any atom is 0.333 e. The molecule has 0 fully saturated rings. The number of hydrogen-bond acceptors (Lipinski definition) is 6. The second kappa shape index (κ2) is 14.0. The number of ether oxygens (including phenoxy) is 1. The Hall–Kier alpha value is -1.05. The van der Waals surface area contributed by atoms with Gasteiger partial charge in [-0.05, 0) is 33.1 Å². The van der Waals surface area contributed by atoms with Gasteiger partial charge in [0, 0.05) is 41.6 Å². The molecule has 0 radical (unpaired) electrons. The van der Waals surface area contributed by atoms with Gasteiger partial charge < -0.3 is 20.5 Å². The number of rotatable bonds is 14. The highest BCUT2D eigenvalue weighted by Gasteiger charge is 2.24.